The van der Waals surface area contributed by atoms with Crippen molar-refractivity contribution in [2.75, 3.05) is 5.32 Å². The monoisotopic (exact) mass is 421 g/mol. The minimum absolute atomic E-state index is 0.219. The molecule has 0 bridgehead atoms. The average Bonchev–Trinajstić information content (AvgIpc) is 3.00. The summed E-state index contributed by atoms with van der Waals surface area (Å²) in [6.45, 7) is 0.219. The molecule has 0 fully saturated rings. The SMILES string of the molecule is Cn1c(CNC(=O)c2ccccc2Nc2ccc(SC(F)F)cc2)n[nH]c1=S. The van der Waals surface area contributed by atoms with Crippen molar-refractivity contribution in [2.24, 2.45) is 7.05 Å². The number of amides is 1. The van der Waals surface area contributed by atoms with Crippen LogP contribution in [0, 0.1) is 4.77 Å². The van der Waals surface area contributed by atoms with Crippen LogP contribution in [0.5, 0.6) is 0 Å². The molecule has 0 aliphatic heterocycles. The van der Waals surface area contributed by atoms with Gasteiger partial charge in [0.25, 0.3) is 11.7 Å². The van der Waals surface area contributed by atoms with Crippen LogP contribution in [0.25, 0.3) is 0 Å². The molecular weight excluding hydrogens is 404 g/mol. The highest BCUT2D eigenvalue weighted by Gasteiger charge is 2.13. The second-order valence-corrected chi connectivity index (χ2v) is 7.21. The third-order valence-electron chi connectivity index (χ3n) is 3.91. The summed E-state index contributed by atoms with van der Waals surface area (Å²) in [5, 5.41) is 12.7. The van der Waals surface area contributed by atoms with Crippen LogP contribution in [0.1, 0.15) is 16.2 Å². The van der Waals surface area contributed by atoms with Crippen LogP contribution >= 0.6 is 24.0 Å². The standard InChI is InChI=1S/C18H17F2N5OS2/c1-25-15(23-24-18(25)27)10-21-16(26)13-4-2-3-5-14(13)22-11-6-8-12(9-7-11)28-17(19)20/h2-9,17,22H,10H2,1H3,(H,21,26)(H,24,27). The fourth-order valence-corrected chi connectivity index (χ4v) is 3.11. The van der Waals surface area contributed by atoms with E-state index in [9.17, 15) is 13.6 Å². The second-order valence-electron chi connectivity index (χ2n) is 5.76. The summed E-state index contributed by atoms with van der Waals surface area (Å²) >= 11 is 5.54. The molecule has 0 unspecified atom stereocenters. The number of carbonyl (C=O) groups is 1. The number of thioether (sulfide) groups is 1. The molecule has 0 saturated heterocycles. The molecule has 0 radical (unpaired) electrons. The van der Waals surface area contributed by atoms with Gasteiger partial charge in [0.15, 0.2) is 10.6 Å². The Labute approximate surface area is 169 Å². The lowest BCUT2D eigenvalue weighted by atomic mass is 10.1. The highest BCUT2D eigenvalue weighted by Crippen LogP contribution is 2.27. The number of aromatic amines is 1. The topological polar surface area (TPSA) is 74.7 Å². The summed E-state index contributed by atoms with van der Waals surface area (Å²) in [6.07, 6.45) is 0. The minimum atomic E-state index is -2.46. The van der Waals surface area contributed by atoms with E-state index in [0.717, 1.165) is 0 Å². The van der Waals surface area contributed by atoms with Gasteiger partial charge in [0.2, 0.25) is 0 Å². The zero-order valence-corrected chi connectivity index (χ0v) is 16.4. The van der Waals surface area contributed by atoms with Crippen LogP contribution in [0.15, 0.2) is 53.4 Å². The van der Waals surface area contributed by atoms with Gasteiger partial charge in [0, 0.05) is 17.6 Å². The molecule has 28 heavy (non-hydrogen) atoms. The van der Waals surface area contributed by atoms with E-state index in [0.29, 0.717) is 44.2 Å². The summed E-state index contributed by atoms with van der Waals surface area (Å²) in [5.74, 6) is -2.13. The smallest absolute Gasteiger partial charge is 0.288 e. The van der Waals surface area contributed by atoms with Crippen LogP contribution in [0.4, 0.5) is 20.2 Å². The number of rotatable bonds is 7. The number of nitrogens with one attached hydrogen (secondary N) is 3. The summed E-state index contributed by atoms with van der Waals surface area (Å²) < 4.78 is 27.0. The molecule has 0 aliphatic rings. The highest BCUT2D eigenvalue weighted by molar-refractivity contribution is 7.99. The summed E-state index contributed by atoms with van der Waals surface area (Å²) in [5.41, 5.74) is 1.74. The number of alkyl halides is 2. The predicted molar refractivity (Wildman–Crippen MR) is 108 cm³/mol. The molecule has 10 heteroatoms. The lowest BCUT2D eigenvalue weighted by Gasteiger charge is -2.12. The van der Waals surface area contributed by atoms with Gasteiger partial charge in [-0.1, -0.05) is 23.9 Å². The maximum absolute atomic E-state index is 12.6. The Hall–Kier alpha value is -2.72. The number of carbonyl (C=O) groups excluding carboxylic acids is 1. The number of halogens is 2. The second kappa shape index (κ2) is 8.98. The number of para-hydroxylation sites is 1. The van der Waals surface area contributed by atoms with Crippen molar-refractivity contribution in [1.29, 1.82) is 0 Å². The summed E-state index contributed by atoms with van der Waals surface area (Å²) in [4.78, 5) is 13.1. The maximum atomic E-state index is 12.6. The van der Waals surface area contributed by atoms with Crippen LogP contribution in [0.3, 0.4) is 0 Å². The van der Waals surface area contributed by atoms with Gasteiger partial charge >= 0.3 is 0 Å². The summed E-state index contributed by atoms with van der Waals surface area (Å²) in [6, 6.07) is 13.6. The van der Waals surface area contributed by atoms with Crippen molar-refractivity contribution in [2.45, 2.75) is 17.2 Å². The Morgan fingerprint density at radius 2 is 1.96 bits per heavy atom. The molecule has 146 valence electrons. The number of anilines is 2. The minimum Gasteiger partial charge on any atom is -0.355 e. The largest absolute Gasteiger partial charge is 0.355 e. The first-order valence-corrected chi connectivity index (χ1v) is 9.52. The van der Waals surface area contributed by atoms with E-state index in [1.54, 1.807) is 60.1 Å². The molecule has 0 aliphatic carbocycles. The molecule has 0 spiro atoms. The van der Waals surface area contributed by atoms with Crippen LogP contribution in [-0.4, -0.2) is 26.4 Å². The normalized spacial score (nSPS) is 10.9. The van der Waals surface area contributed by atoms with Gasteiger partial charge in [-0.15, -0.1) is 0 Å². The van der Waals surface area contributed by atoms with E-state index in [1.165, 1.54) is 0 Å². The average molecular weight is 421 g/mol. The molecule has 1 aromatic heterocycles. The number of hydrogen-bond acceptors (Lipinski definition) is 5. The van der Waals surface area contributed by atoms with E-state index >= 15 is 0 Å². The van der Waals surface area contributed by atoms with Crippen LogP contribution < -0.4 is 10.6 Å². The van der Waals surface area contributed by atoms with Gasteiger partial charge in [-0.2, -0.15) is 13.9 Å². The highest BCUT2D eigenvalue weighted by atomic mass is 32.2. The van der Waals surface area contributed by atoms with Gasteiger partial charge in [0.1, 0.15) is 0 Å². The Morgan fingerprint density at radius 3 is 2.61 bits per heavy atom. The van der Waals surface area contributed by atoms with Crippen LogP contribution in [0.2, 0.25) is 0 Å². The number of hydrogen-bond donors (Lipinski definition) is 3. The van der Waals surface area contributed by atoms with Gasteiger partial charge in [0.05, 0.1) is 17.8 Å². The molecule has 1 amide bonds. The van der Waals surface area contributed by atoms with Crippen molar-refractivity contribution in [1.82, 2.24) is 20.1 Å². The summed E-state index contributed by atoms with van der Waals surface area (Å²) in [7, 11) is 1.76. The third-order valence-corrected chi connectivity index (χ3v) is 5.00. The quantitative estimate of drug-likeness (QED) is 0.388. The lowest BCUT2D eigenvalue weighted by molar-refractivity contribution is 0.0950. The van der Waals surface area contributed by atoms with Gasteiger partial charge in [-0.05, 0) is 48.6 Å². The van der Waals surface area contributed by atoms with E-state index in [-0.39, 0.29) is 12.5 Å². The number of aromatic nitrogens is 3. The van der Waals surface area contributed by atoms with E-state index in [4.69, 9.17) is 12.2 Å². The molecule has 0 atom stereocenters. The number of H-pyrrole nitrogens is 1. The first kappa shape index (κ1) is 20.0. The molecule has 6 nitrogen and oxygen atoms in total. The van der Waals surface area contributed by atoms with E-state index < -0.39 is 5.76 Å². The first-order valence-electron chi connectivity index (χ1n) is 8.23. The number of benzene rings is 2. The Balaban J connectivity index is 1.70. The molecule has 1 heterocycles. The maximum Gasteiger partial charge on any atom is 0.288 e. The van der Waals surface area contributed by atoms with Crippen molar-refractivity contribution >= 4 is 41.3 Å². The fourth-order valence-electron chi connectivity index (χ4n) is 2.46. The van der Waals surface area contributed by atoms with E-state index in [2.05, 4.69) is 20.8 Å². The molecule has 0 saturated carbocycles. The number of nitrogens with zero attached hydrogens (tertiary/aromatic N) is 2. The Morgan fingerprint density at radius 1 is 1.25 bits per heavy atom. The molecule has 3 N–H and O–H groups in total. The lowest BCUT2D eigenvalue weighted by Crippen LogP contribution is -2.25. The van der Waals surface area contributed by atoms with Gasteiger partial charge in [-0.25, -0.2) is 0 Å². The predicted octanol–water partition coefficient (Wildman–Crippen LogP) is 4.47. The van der Waals surface area contributed by atoms with Gasteiger partial charge < -0.3 is 15.2 Å². The Kier molecular flexibility index (Phi) is 6.42. The van der Waals surface area contributed by atoms with Crippen molar-refractivity contribution in [3.8, 4) is 0 Å². The molecule has 3 rings (SSSR count). The zero-order valence-electron chi connectivity index (χ0n) is 14.8. The van der Waals surface area contributed by atoms with Crippen molar-refractivity contribution < 1.29 is 13.6 Å². The Bertz CT molecular complexity index is 1020. The third kappa shape index (κ3) is 4.96. The molecular formula is C18H17F2N5OS2. The van der Waals surface area contributed by atoms with Gasteiger partial charge in [-0.3, -0.25) is 9.89 Å². The van der Waals surface area contributed by atoms with Crippen LogP contribution in [-0.2, 0) is 13.6 Å². The van der Waals surface area contributed by atoms with E-state index in [1.807, 2.05) is 0 Å². The zero-order chi connectivity index (χ0) is 20.1. The molecule has 3 aromatic rings. The fraction of sp³-hybridized carbons (Fsp3) is 0.167. The van der Waals surface area contributed by atoms with Crippen molar-refractivity contribution in [3.05, 3.63) is 64.7 Å². The van der Waals surface area contributed by atoms with Crippen molar-refractivity contribution in [3.63, 3.8) is 0 Å². The first-order chi connectivity index (χ1) is 13.4. The molecule has 2 aromatic carbocycles.